The van der Waals surface area contributed by atoms with Gasteiger partial charge in [-0.25, -0.2) is 5.43 Å². The summed E-state index contributed by atoms with van der Waals surface area (Å²) in [5.74, 6) is 1.07. The summed E-state index contributed by atoms with van der Waals surface area (Å²) in [4.78, 5) is 16.0. The first-order valence-corrected chi connectivity index (χ1v) is 8.81. The van der Waals surface area contributed by atoms with Gasteiger partial charge in [0.15, 0.2) is 6.10 Å². The molecule has 0 spiro atoms. The van der Waals surface area contributed by atoms with E-state index in [0.29, 0.717) is 12.4 Å². The van der Waals surface area contributed by atoms with Crippen LogP contribution in [0.2, 0.25) is 0 Å². The van der Waals surface area contributed by atoms with Gasteiger partial charge < -0.3 is 9.47 Å². The van der Waals surface area contributed by atoms with Crippen molar-refractivity contribution >= 4 is 12.1 Å². The summed E-state index contributed by atoms with van der Waals surface area (Å²) in [6, 6.07) is 10.9. The molecule has 26 heavy (non-hydrogen) atoms. The van der Waals surface area contributed by atoms with E-state index in [-0.39, 0.29) is 5.91 Å². The van der Waals surface area contributed by atoms with E-state index in [0.717, 1.165) is 24.2 Å². The number of aromatic nitrogens is 1. The zero-order valence-corrected chi connectivity index (χ0v) is 15.2. The highest BCUT2D eigenvalue weighted by molar-refractivity contribution is 5.84. The van der Waals surface area contributed by atoms with E-state index in [2.05, 4.69) is 22.4 Å². The van der Waals surface area contributed by atoms with Crippen LogP contribution in [0.15, 0.2) is 53.9 Å². The lowest BCUT2D eigenvalue weighted by Crippen LogP contribution is -2.33. The predicted molar refractivity (Wildman–Crippen MR) is 102 cm³/mol. The normalized spacial score (nSPS) is 11.9. The molecule has 0 aliphatic carbocycles. The lowest BCUT2D eigenvalue weighted by Gasteiger charge is -2.13. The van der Waals surface area contributed by atoms with Gasteiger partial charge in [-0.2, -0.15) is 5.10 Å². The van der Waals surface area contributed by atoms with Gasteiger partial charge in [0.2, 0.25) is 0 Å². The average molecular weight is 355 g/mol. The average Bonchev–Trinajstić information content (AvgIpc) is 2.67. The van der Waals surface area contributed by atoms with Gasteiger partial charge in [-0.3, -0.25) is 9.78 Å². The van der Waals surface area contributed by atoms with E-state index in [1.807, 2.05) is 18.2 Å². The van der Waals surface area contributed by atoms with E-state index in [9.17, 15) is 4.79 Å². The zero-order valence-electron chi connectivity index (χ0n) is 15.2. The van der Waals surface area contributed by atoms with Crippen molar-refractivity contribution in [2.24, 2.45) is 5.10 Å². The number of unbranched alkanes of at least 4 members (excludes halogenated alkanes) is 2. The Morgan fingerprint density at radius 1 is 1.23 bits per heavy atom. The van der Waals surface area contributed by atoms with Gasteiger partial charge in [0.05, 0.1) is 12.8 Å². The first-order valence-electron chi connectivity index (χ1n) is 8.81. The lowest BCUT2D eigenvalue weighted by molar-refractivity contribution is -0.127. The highest BCUT2D eigenvalue weighted by Crippen LogP contribution is 2.19. The molecule has 1 heterocycles. The minimum absolute atomic E-state index is 0.329. The van der Waals surface area contributed by atoms with Crippen LogP contribution in [0.4, 0.5) is 0 Å². The molecule has 0 aliphatic heterocycles. The van der Waals surface area contributed by atoms with Gasteiger partial charge in [-0.15, -0.1) is 0 Å². The number of pyridine rings is 1. The Hall–Kier alpha value is -2.89. The molecular formula is C20H25N3O3. The van der Waals surface area contributed by atoms with Crippen molar-refractivity contribution in [1.82, 2.24) is 10.4 Å². The Labute approximate surface area is 154 Å². The number of hydrogen-bond acceptors (Lipinski definition) is 5. The number of hydrogen-bond donors (Lipinski definition) is 1. The molecule has 0 unspecified atom stereocenters. The third-order valence-corrected chi connectivity index (χ3v) is 3.60. The fraction of sp³-hybridized carbons (Fsp3) is 0.350. The SMILES string of the molecule is CCCCCOc1ccc(O[C@@H](C)C(=O)NN=Cc2cccnc2)cc1. The second-order valence-electron chi connectivity index (χ2n) is 5.81. The van der Waals surface area contributed by atoms with Crippen LogP contribution in [0.25, 0.3) is 0 Å². The first kappa shape index (κ1) is 19.4. The Morgan fingerprint density at radius 3 is 2.69 bits per heavy atom. The number of ether oxygens (including phenoxy) is 2. The van der Waals surface area contributed by atoms with Gasteiger partial charge in [0, 0.05) is 18.0 Å². The fourth-order valence-corrected chi connectivity index (χ4v) is 2.13. The van der Waals surface area contributed by atoms with Gasteiger partial charge in [-0.1, -0.05) is 25.8 Å². The van der Waals surface area contributed by atoms with Crippen molar-refractivity contribution in [1.29, 1.82) is 0 Å². The van der Waals surface area contributed by atoms with E-state index < -0.39 is 6.10 Å². The van der Waals surface area contributed by atoms with E-state index in [4.69, 9.17) is 9.47 Å². The number of amides is 1. The number of nitrogens with one attached hydrogen (secondary N) is 1. The summed E-state index contributed by atoms with van der Waals surface area (Å²) >= 11 is 0. The highest BCUT2D eigenvalue weighted by atomic mass is 16.5. The quantitative estimate of drug-likeness (QED) is 0.402. The Bertz CT molecular complexity index is 687. The molecule has 6 nitrogen and oxygen atoms in total. The highest BCUT2D eigenvalue weighted by Gasteiger charge is 2.13. The molecule has 0 aliphatic rings. The van der Waals surface area contributed by atoms with Crippen molar-refractivity contribution in [3.05, 3.63) is 54.4 Å². The minimum Gasteiger partial charge on any atom is -0.494 e. The van der Waals surface area contributed by atoms with Crippen molar-refractivity contribution in [2.45, 2.75) is 39.2 Å². The van der Waals surface area contributed by atoms with Crippen molar-refractivity contribution in [3.63, 3.8) is 0 Å². The maximum absolute atomic E-state index is 12.0. The molecule has 2 rings (SSSR count). The van der Waals surface area contributed by atoms with Crippen molar-refractivity contribution in [3.8, 4) is 11.5 Å². The molecule has 1 aromatic heterocycles. The Morgan fingerprint density at radius 2 is 2.00 bits per heavy atom. The van der Waals surface area contributed by atoms with Crippen LogP contribution in [0.1, 0.15) is 38.7 Å². The molecule has 0 saturated heterocycles. The predicted octanol–water partition coefficient (Wildman–Crippen LogP) is 3.57. The number of nitrogens with zero attached hydrogens (tertiary/aromatic N) is 2. The molecule has 0 radical (unpaired) electrons. The van der Waals surface area contributed by atoms with Gasteiger partial charge >= 0.3 is 0 Å². The molecule has 2 aromatic rings. The smallest absolute Gasteiger partial charge is 0.280 e. The number of carbonyl (C=O) groups is 1. The van der Waals surface area contributed by atoms with E-state index in [1.165, 1.54) is 12.6 Å². The van der Waals surface area contributed by atoms with Crippen LogP contribution >= 0.6 is 0 Å². The van der Waals surface area contributed by atoms with Crippen LogP contribution in [0.3, 0.4) is 0 Å². The third kappa shape index (κ3) is 6.93. The first-order chi connectivity index (χ1) is 12.7. The van der Waals surface area contributed by atoms with E-state index >= 15 is 0 Å². The molecule has 0 fully saturated rings. The zero-order chi connectivity index (χ0) is 18.6. The Balaban J connectivity index is 1.76. The van der Waals surface area contributed by atoms with Gasteiger partial charge in [-0.05, 0) is 43.7 Å². The molecule has 1 aromatic carbocycles. The summed E-state index contributed by atoms with van der Waals surface area (Å²) in [6.07, 6.45) is 7.57. The van der Waals surface area contributed by atoms with Gasteiger partial charge in [0.1, 0.15) is 11.5 Å². The van der Waals surface area contributed by atoms with E-state index in [1.54, 1.807) is 37.5 Å². The van der Waals surface area contributed by atoms with Crippen LogP contribution in [0.5, 0.6) is 11.5 Å². The molecule has 1 N–H and O–H groups in total. The summed E-state index contributed by atoms with van der Waals surface area (Å²) in [6.45, 7) is 4.54. The number of rotatable bonds is 10. The molecular weight excluding hydrogens is 330 g/mol. The van der Waals surface area contributed by atoms with Gasteiger partial charge in [0.25, 0.3) is 5.91 Å². The maximum Gasteiger partial charge on any atom is 0.280 e. The second-order valence-corrected chi connectivity index (χ2v) is 5.81. The molecule has 6 heteroatoms. The maximum atomic E-state index is 12.0. The summed E-state index contributed by atoms with van der Waals surface area (Å²) in [5, 5.41) is 3.90. The number of carbonyl (C=O) groups excluding carboxylic acids is 1. The monoisotopic (exact) mass is 355 g/mol. The largest absolute Gasteiger partial charge is 0.494 e. The molecule has 0 saturated carbocycles. The summed E-state index contributed by atoms with van der Waals surface area (Å²) in [5.41, 5.74) is 3.26. The van der Waals surface area contributed by atoms with Crippen LogP contribution < -0.4 is 14.9 Å². The van der Waals surface area contributed by atoms with Crippen LogP contribution in [0, 0.1) is 0 Å². The van der Waals surface area contributed by atoms with Crippen LogP contribution in [-0.2, 0) is 4.79 Å². The Kier molecular flexibility index (Phi) is 8.12. The molecule has 138 valence electrons. The van der Waals surface area contributed by atoms with Crippen molar-refractivity contribution in [2.75, 3.05) is 6.61 Å². The molecule has 1 atom stereocenters. The van der Waals surface area contributed by atoms with Crippen molar-refractivity contribution < 1.29 is 14.3 Å². The topological polar surface area (TPSA) is 72.8 Å². The van der Waals surface area contributed by atoms with Crippen LogP contribution in [-0.4, -0.2) is 29.8 Å². The lowest BCUT2D eigenvalue weighted by atomic mass is 10.2. The molecule has 1 amide bonds. The minimum atomic E-state index is -0.669. The molecule has 0 bridgehead atoms. The third-order valence-electron chi connectivity index (χ3n) is 3.60. The summed E-state index contributed by atoms with van der Waals surface area (Å²) in [7, 11) is 0. The standard InChI is InChI=1S/C20H25N3O3/c1-3-4-5-13-25-18-8-10-19(11-9-18)26-16(2)20(24)23-22-15-17-7-6-12-21-14-17/h6-12,14-16H,3-5,13H2,1-2H3,(H,23,24)/t16-/m0/s1. The number of hydrazone groups is 1. The number of benzene rings is 1. The summed E-state index contributed by atoms with van der Waals surface area (Å²) < 4.78 is 11.3. The fourth-order valence-electron chi connectivity index (χ4n) is 2.13. The second kappa shape index (κ2) is 10.9.